The summed E-state index contributed by atoms with van der Waals surface area (Å²) in [5.41, 5.74) is 3.96. The van der Waals surface area contributed by atoms with Gasteiger partial charge in [-0.2, -0.15) is 0 Å². The predicted molar refractivity (Wildman–Crippen MR) is 52.6 cm³/mol. The molecule has 70 valence electrons. The van der Waals surface area contributed by atoms with Crippen molar-refractivity contribution in [1.29, 1.82) is 0 Å². The topological polar surface area (TPSA) is 21.3 Å². The highest BCUT2D eigenvalue weighted by atomic mass is 16.5. The quantitative estimate of drug-likeness (QED) is 0.707. The molecule has 0 aromatic heterocycles. The van der Waals surface area contributed by atoms with Crippen molar-refractivity contribution in [3.8, 4) is 0 Å². The predicted octanol–water partition coefficient (Wildman–Crippen LogP) is 1.92. The Kier molecular flexibility index (Phi) is 2.34. The van der Waals surface area contributed by atoms with E-state index >= 15 is 0 Å². The van der Waals surface area contributed by atoms with Gasteiger partial charge in [0.2, 0.25) is 0 Å². The number of hydrogen-bond acceptors (Lipinski definition) is 2. The molecule has 1 aliphatic heterocycles. The Morgan fingerprint density at radius 2 is 2.23 bits per heavy atom. The Hall–Kier alpha value is -0.860. The molecule has 0 amide bonds. The van der Waals surface area contributed by atoms with Gasteiger partial charge in [0.1, 0.15) is 0 Å². The summed E-state index contributed by atoms with van der Waals surface area (Å²) in [6.07, 6.45) is 0.251. The highest BCUT2D eigenvalue weighted by Gasteiger charge is 2.18. The fraction of sp³-hybridized carbons (Fsp3) is 0.455. The van der Waals surface area contributed by atoms with Crippen LogP contribution in [0.2, 0.25) is 0 Å². The second-order valence-electron chi connectivity index (χ2n) is 3.61. The lowest BCUT2D eigenvalue weighted by Crippen LogP contribution is -2.08. The molecule has 2 heteroatoms. The highest BCUT2D eigenvalue weighted by Crippen LogP contribution is 2.23. The van der Waals surface area contributed by atoms with Gasteiger partial charge in [-0.3, -0.25) is 5.32 Å². The van der Waals surface area contributed by atoms with Crippen LogP contribution >= 0.6 is 0 Å². The average molecular weight is 177 g/mol. The largest absolute Gasteiger partial charge is 0.357 e. The van der Waals surface area contributed by atoms with Gasteiger partial charge in [-0.05, 0) is 25.0 Å². The third-order valence-corrected chi connectivity index (χ3v) is 2.49. The molecule has 1 unspecified atom stereocenters. The van der Waals surface area contributed by atoms with Crippen molar-refractivity contribution in [1.82, 2.24) is 5.32 Å². The minimum absolute atomic E-state index is 0.251. The summed E-state index contributed by atoms with van der Waals surface area (Å²) in [6, 6.07) is 6.52. The molecular formula is C11H15NO. The van der Waals surface area contributed by atoms with E-state index in [0.29, 0.717) is 6.73 Å². The van der Waals surface area contributed by atoms with E-state index in [1.165, 1.54) is 16.7 Å². The summed E-state index contributed by atoms with van der Waals surface area (Å²) in [4.78, 5) is 0. The second kappa shape index (κ2) is 3.48. The van der Waals surface area contributed by atoms with Crippen LogP contribution in [0, 0.1) is 13.8 Å². The average Bonchev–Trinajstić information content (AvgIpc) is 2.56. The third-order valence-electron chi connectivity index (χ3n) is 2.49. The Morgan fingerprint density at radius 3 is 2.85 bits per heavy atom. The Labute approximate surface area is 78.9 Å². The summed E-state index contributed by atoms with van der Waals surface area (Å²) < 4.78 is 5.55. The summed E-state index contributed by atoms with van der Waals surface area (Å²) >= 11 is 0. The van der Waals surface area contributed by atoms with Crippen LogP contribution in [-0.4, -0.2) is 13.3 Å². The highest BCUT2D eigenvalue weighted by molar-refractivity contribution is 5.32. The summed E-state index contributed by atoms with van der Waals surface area (Å²) in [5.74, 6) is 0. The molecule has 2 rings (SSSR count). The van der Waals surface area contributed by atoms with E-state index in [1.807, 2.05) is 0 Å². The molecule has 1 atom stereocenters. The third kappa shape index (κ3) is 1.74. The number of ether oxygens (including phenoxy) is 1. The molecule has 1 aromatic carbocycles. The zero-order valence-electron chi connectivity index (χ0n) is 8.13. The fourth-order valence-electron chi connectivity index (χ4n) is 1.80. The van der Waals surface area contributed by atoms with Crippen LogP contribution in [0.15, 0.2) is 18.2 Å². The molecule has 1 aliphatic rings. The lowest BCUT2D eigenvalue weighted by atomic mass is 10.0. The van der Waals surface area contributed by atoms with Gasteiger partial charge >= 0.3 is 0 Å². The maximum absolute atomic E-state index is 5.55. The molecule has 0 radical (unpaired) electrons. The Morgan fingerprint density at radius 1 is 1.38 bits per heavy atom. The number of rotatable bonds is 1. The monoisotopic (exact) mass is 177 g/mol. The van der Waals surface area contributed by atoms with Crippen LogP contribution < -0.4 is 5.32 Å². The van der Waals surface area contributed by atoms with E-state index in [9.17, 15) is 0 Å². The van der Waals surface area contributed by atoms with Crippen LogP contribution in [-0.2, 0) is 4.74 Å². The summed E-state index contributed by atoms with van der Waals surface area (Å²) in [5, 5.41) is 3.19. The zero-order valence-corrected chi connectivity index (χ0v) is 8.13. The van der Waals surface area contributed by atoms with Crippen molar-refractivity contribution in [2.75, 3.05) is 13.3 Å². The van der Waals surface area contributed by atoms with Gasteiger partial charge in [-0.1, -0.05) is 23.8 Å². The molecule has 0 bridgehead atoms. The standard InChI is InChI=1S/C11H15NO/c1-8-3-4-10(9(2)5-8)11-6-12-7-13-11/h3-5,11-12H,6-7H2,1-2H3. The van der Waals surface area contributed by atoms with Crippen molar-refractivity contribution in [2.24, 2.45) is 0 Å². The molecule has 1 aromatic rings. The summed E-state index contributed by atoms with van der Waals surface area (Å²) in [6.45, 7) is 5.87. The first kappa shape index (κ1) is 8.73. The normalized spacial score (nSPS) is 22.2. The molecule has 0 aliphatic carbocycles. The molecule has 1 fully saturated rings. The van der Waals surface area contributed by atoms with Gasteiger partial charge in [0, 0.05) is 6.54 Å². The molecular weight excluding hydrogens is 162 g/mol. The minimum Gasteiger partial charge on any atom is -0.357 e. The number of nitrogens with one attached hydrogen (secondary N) is 1. The van der Waals surface area contributed by atoms with Crippen molar-refractivity contribution < 1.29 is 4.74 Å². The van der Waals surface area contributed by atoms with Crippen LogP contribution in [0.25, 0.3) is 0 Å². The van der Waals surface area contributed by atoms with E-state index in [0.717, 1.165) is 6.54 Å². The van der Waals surface area contributed by atoms with E-state index in [1.54, 1.807) is 0 Å². The Bertz CT molecular complexity index is 303. The van der Waals surface area contributed by atoms with E-state index in [4.69, 9.17) is 4.74 Å². The molecule has 1 heterocycles. The summed E-state index contributed by atoms with van der Waals surface area (Å²) in [7, 11) is 0. The van der Waals surface area contributed by atoms with Crippen LogP contribution in [0.3, 0.4) is 0 Å². The van der Waals surface area contributed by atoms with Crippen molar-refractivity contribution in [3.05, 3.63) is 34.9 Å². The van der Waals surface area contributed by atoms with E-state index < -0.39 is 0 Å². The SMILES string of the molecule is Cc1ccc(C2CNCO2)c(C)c1. The van der Waals surface area contributed by atoms with E-state index in [2.05, 4.69) is 37.4 Å². The molecule has 0 spiro atoms. The minimum atomic E-state index is 0.251. The van der Waals surface area contributed by atoms with Crippen LogP contribution in [0.4, 0.5) is 0 Å². The van der Waals surface area contributed by atoms with Gasteiger partial charge in [-0.25, -0.2) is 0 Å². The molecule has 0 saturated carbocycles. The first-order valence-electron chi connectivity index (χ1n) is 4.67. The van der Waals surface area contributed by atoms with E-state index in [-0.39, 0.29) is 6.10 Å². The first-order valence-corrected chi connectivity index (χ1v) is 4.67. The Balaban J connectivity index is 2.29. The van der Waals surface area contributed by atoms with Gasteiger partial charge < -0.3 is 4.74 Å². The second-order valence-corrected chi connectivity index (χ2v) is 3.61. The van der Waals surface area contributed by atoms with Gasteiger partial charge in [0.25, 0.3) is 0 Å². The lowest BCUT2D eigenvalue weighted by Gasteiger charge is -2.12. The molecule has 13 heavy (non-hydrogen) atoms. The molecule has 2 nitrogen and oxygen atoms in total. The van der Waals surface area contributed by atoms with Gasteiger partial charge in [0.15, 0.2) is 0 Å². The number of aryl methyl sites for hydroxylation is 2. The maximum Gasteiger partial charge on any atom is 0.0975 e. The number of hydrogen-bond donors (Lipinski definition) is 1. The molecule has 1 N–H and O–H groups in total. The van der Waals surface area contributed by atoms with Crippen LogP contribution in [0.5, 0.6) is 0 Å². The lowest BCUT2D eigenvalue weighted by molar-refractivity contribution is 0.114. The van der Waals surface area contributed by atoms with Crippen LogP contribution in [0.1, 0.15) is 22.8 Å². The fourth-order valence-corrected chi connectivity index (χ4v) is 1.80. The van der Waals surface area contributed by atoms with Gasteiger partial charge in [-0.15, -0.1) is 0 Å². The first-order chi connectivity index (χ1) is 6.27. The molecule has 1 saturated heterocycles. The van der Waals surface area contributed by atoms with Crippen molar-refractivity contribution in [2.45, 2.75) is 20.0 Å². The smallest absolute Gasteiger partial charge is 0.0975 e. The maximum atomic E-state index is 5.55. The van der Waals surface area contributed by atoms with Crippen molar-refractivity contribution in [3.63, 3.8) is 0 Å². The van der Waals surface area contributed by atoms with Crippen molar-refractivity contribution >= 4 is 0 Å². The zero-order chi connectivity index (χ0) is 9.26. The van der Waals surface area contributed by atoms with Gasteiger partial charge in [0.05, 0.1) is 12.8 Å². The number of benzene rings is 1.